The molecule has 1 fully saturated rings. The molecule has 1 aliphatic rings. The molecule has 8 nitrogen and oxygen atoms in total. The number of amides is 2. The summed E-state index contributed by atoms with van der Waals surface area (Å²) >= 11 is 1.60. The first-order chi connectivity index (χ1) is 17.1. The van der Waals surface area contributed by atoms with E-state index in [1.54, 1.807) is 17.5 Å². The summed E-state index contributed by atoms with van der Waals surface area (Å²) in [6.07, 6.45) is 1.74. The molecule has 1 aromatic carbocycles. The van der Waals surface area contributed by atoms with Crippen LogP contribution in [0.3, 0.4) is 0 Å². The summed E-state index contributed by atoms with van der Waals surface area (Å²) in [4.78, 5) is 35.8. The van der Waals surface area contributed by atoms with Gasteiger partial charge < -0.3 is 10.2 Å². The molecule has 2 amide bonds. The smallest absolute Gasteiger partial charge is 0.254 e. The van der Waals surface area contributed by atoms with Gasteiger partial charge in [-0.2, -0.15) is 5.10 Å². The van der Waals surface area contributed by atoms with Gasteiger partial charge in [0.1, 0.15) is 0 Å². The highest BCUT2D eigenvalue weighted by atomic mass is 32.1. The standard InChI is InChI=1S/C26H28N6O2S/c1-2-32-25-21(17-28-32)20(15-22(29-25)23-9-6-14-35-23)26(34)31-12-10-30(11-13-31)18-24(33)27-16-19-7-4-3-5-8-19/h3-9,14-15,17H,2,10-13,16,18H2,1H3,(H,27,33). The van der Waals surface area contributed by atoms with Gasteiger partial charge in [-0.05, 0) is 30.0 Å². The summed E-state index contributed by atoms with van der Waals surface area (Å²) in [5.41, 5.74) is 3.23. The number of carbonyl (C=O) groups excluding carboxylic acids is 2. The average Bonchev–Trinajstić information content (AvgIpc) is 3.58. The van der Waals surface area contributed by atoms with Gasteiger partial charge in [-0.3, -0.25) is 14.5 Å². The lowest BCUT2D eigenvalue weighted by Crippen LogP contribution is -2.51. The van der Waals surface area contributed by atoms with Crippen LogP contribution in [0, 0.1) is 0 Å². The molecule has 4 aromatic rings. The van der Waals surface area contributed by atoms with E-state index in [4.69, 9.17) is 4.98 Å². The number of aromatic nitrogens is 3. The molecule has 1 N–H and O–H groups in total. The van der Waals surface area contributed by atoms with Crippen LogP contribution in [-0.4, -0.2) is 69.1 Å². The van der Waals surface area contributed by atoms with Crippen molar-refractivity contribution in [3.63, 3.8) is 0 Å². The van der Waals surface area contributed by atoms with Gasteiger partial charge in [0.25, 0.3) is 5.91 Å². The van der Waals surface area contributed by atoms with E-state index in [9.17, 15) is 9.59 Å². The molecule has 0 radical (unpaired) electrons. The van der Waals surface area contributed by atoms with E-state index in [-0.39, 0.29) is 11.8 Å². The number of nitrogens with zero attached hydrogens (tertiary/aromatic N) is 5. The Morgan fingerprint density at radius 2 is 1.86 bits per heavy atom. The molecule has 5 rings (SSSR count). The number of piperazine rings is 1. The van der Waals surface area contributed by atoms with Crippen molar-refractivity contribution in [3.8, 4) is 10.6 Å². The quantitative estimate of drug-likeness (QED) is 0.432. The third-order valence-electron chi connectivity index (χ3n) is 6.27. The van der Waals surface area contributed by atoms with Crippen LogP contribution in [0.15, 0.2) is 60.1 Å². The minimum atomic E-state index is -0.0148. The van der Waals surface area contributed by atoms with Crippen molar-refractivity contribution in [2.24, 2.45) is 0 Å². The molecule has 0 unspecified atom stereocenters. The number of pyridine rings is 1. The summed E-state index contributed by atoms with van der Waals surface area (Å²) in [6, 6.07) is 15.8. The topological polar surface area (TPSA) is 83.4 Å². The number of benzene rings is 1. The Hall–Kier alpha value is -3.56. The first-order valence-corrected chi connectivity index (χ1v) is 12.7. The molecular weight excluding hydrogens is 460 g/mol. The molecule has 9 heteroatoms. The molecule has 1 aliphatic heterocycles. The first-order valence-electron chi connectivity index (χ1n) is 11.8. The highest BCUT2D eigenvalue weighted by Gasteiger charge is 2.26. The molecule has 0 spiro atoms. The van der Waals surface area contributed by atoms with Crippen molar-refractivity contribution in [1.29, 1.82) is 0 Å². The molecule has 180 valence electrons. The first kappa shape index (κ1) is 23.2. The fraction of sp³-hybridized carbons (Fsp3) is 0.308. The minimum absolute atomic E-state index is 0.00274. The van der Waals surface area contributed by atoms with Crippen LogP contribution in [0.2, 0.25) is 0 Å². The van der Waals surface area contributed by atoms with Crippen LogP contribution in [0.25, 0.3) is 21.6 Å². The maximum absolute atomic E-state index is 13.6. The van der Waals surface area contributed by atoms with Crippen LogP contribution in [-0.2, 0) is 17.9 Å². The van der Waals surface area contributed by atoms with Crippen LogP contribution in [0.1, 0.15) is 22.8 Å². The third-order valence-corrected chi connectivity index (χ3v) is 7.16. The lowest BCUT2D eigenvalue weighted by molar-refractivity contribution is -0.122. The van der Waals surface area contributed by atoms with E-state index >= 15 is 0 Å². The second kappa shape index (κ2) is 10.4. The van der Waals surface area contributed by atoms with Gasteiger partial charge in [-0.25, -0.2) is 9.67 Å². The van der Waals surface area contributed by atoms with Crippen molar-refractivity contribution in [2.45, 2.75) is 20.0 Å². The van der Waals surface area contributed by atoms with Crippen LogP contribution < -0.4 is 5.32 Å². The molecule has 0 aliphatic carbocycles. The maximum Gasteiger partial charge on any atom is 0.254 e. The molecule has 0 bridgehead atoms. The highest BCUT2D eigenvalue weighted by molar-refractivity contribution is 7.13. The SMILES string of the molecule is CCn1ncc2c(C(=O)N3CCN(CC(=O)NCc4ccccc4)CC3)cc(-c3cccs3)nc21. The predicted molar refractivity (Wildman–Crippen MR) is 137 cm³/mol. The molecule has 0 atom stereocenters. The Morgan fingerprint density at radius 1 is 1.06 bits per heavy atom. The normalized spacial score (nSPS) is 14.4. The Bertz CT molecular complexity index is 1310. The van der Waals surface area contributed by atoms with Crippen LogP contribution in [0.5, 0.6) is 0 Å². The number of fused-ring (bicyclic) bond motifs is 1. The number of nitrogens with one attached hydrogen (secondary N) is 1. The second-order valence-corrected chi connectivity index (χ2v) is 9.51. The lowest BCUT2D eigenvalue weighted by atomic mass is 10.1. The lowest BCUT2D eigenvalue weighted by Gasteiger charge is -2.34. The van der Waals surface area contributed by atoms with Crippen molar-refractivity contribution in [3.05, 3.63) is 71.2 Å². The Balaban J connectivity index is 1.25. The average molecular weight is 489 g/mol. The number of thiophene rings is 1. The van der Waals surface area contributed by atoms with Gasteiger partial charge in [-0.15, -0.1) is 11.3 Å². The van der Waals surface area contributed by atoms with Crippen LogP contribution in [0.4, 0.5) is 0 Å². The van der Waals surface area contributed by atoms with Crippen molar-refractivity contribution in [2.75, 3.05) is 32.7 Å². The van der Waals surface area contributed by atoms with E-state index in [1.807, 2.05) is 70.4 Å². The molecule has 1 saturated heterocycles. The summed E-state index contributed by atoms with van der Waals surface area (Å²) in [7, 11) is 0. The Morgan fingerprint density at radius 3 is 2.57 bits per heavy atom. The predicted octanol–water partition coefficient (Wildman–Crippen LogP) is 3.25. The molecular formula is C26H28N6O2S. The maximum atomic E-state index is 13.6. The summed E-state index contributed by atoms with van der Waals surface area (Å²) in [6.45, 7) is 6.02. The minimum Gasteiger partial charge on any atom is -0.351 e. The fourth-order valence-corrected chi connectivity index (χ4v) is 5.03. The summed E-state index contributed by atoms with van der Waals surface area (Å²) < 4.78 is 1.83. The number of rotatable bonds is 7. The summed E-state index contributed by atoms with van der Waals surface area (Å²) in [5, 5.41) is 10.2. The van der Waals surface area contributed by atoms with Crippen molar-refractivity contribution < 1.29 is 9.59 Å². The zero-order valence-electron chi connectivity index (χ0n) is 19.7. The van der Waals surface area contributed by atoms with Crippen LogP contribution >= 0.6 is 11.3 Å². The highest BCUT2D eigenvalue weighted by Crippen LogP contribution is 2.29. The zero-order chi connectivity index (χ0) is 24.2. The molecule has 4 heterocycles. The van der Waals surface area contributed by atoms with E-state index < -0.39 is 0 Å². The molecule has 35 heavy (non-hydrogen) atoms. The van der Waals surface area contributed by atoms with E-state index in [0.717, 1.165) is 27.2 Å². The van der Waals surface area contributed by atoms with Gasteiger partial charge in [0.2, 0.25) is 5.91 Å². The van der Waals surface area contributed by atoms with Gasteiger partial charge in [0.05, 0.1) is 34.3 Å². The van der Waals surface area contributed by atoms with E-state index in [0.29, 0.717) is 51.4 Å². The Labute approximate surface area is 208 Å². The largest absolute Gasteiger partial charge is 0.351 e. The zero-order valence-corrected chi connectivity index (χ0v) is 20.5. The van der Waals surface area contributed by atoms with Gasteiger partial charge in [0.15, 0.2) is 5.65 Å². The number of carbonyl (C=O) groups is 2. The number of hydrogen-bond donors (Lipinski definition) is 1. The van der Waals surface area contributed by atoms with Crippen molar-refractivity contribution in [1.82, 2.24) is 29.9 Å². The fourth-order valence-electron chi connectivity index (χ4n) is 4.34. The van der Waals surface area contributed by atoms with Gasteiger partial charge in [0, 0.05) is 39.3 Å². The third kappa shape index (κ3) is 5.11. The summed E-state index contributed by atoms with van der Waals surface area (Å²) in [5.74, 6) is -0.0175. The van der Waals surface area contributed by atoms with Gasteiger partial charge >= 0.3 is 0 Å². The number of aryl methyl sites for hydroxylation is 1. The molecule has 3 aromatic heterocycles. The van der Waals surface area contributed by atoms with Crippen molar-refractivity contribution >= 4 is 34.2 Å². The second-order valence-electron chi connectivity index (χ2n) is 8.56. The Kier molecular flexibility index (Phi) is 6.87. The molecule has 0 saturated carbocycles. The van der Waals surface area contributed by atoms with E-state index in [2.05, 4.69) is 15.3 Å². The number of hydrogen-bond acceptors (Lipinski definition) is 6. The monoisotopic (exact) mass is 488 g/mol. The van der Waals surface area contributed by atoms with Gasteiger partial charge in [-0.1, -0.05) is 36.4 Å². The van der Waals surface area contributed by atoms with E-state index in [1.165, 1.54) is 0 Å².